The van der Waals surface area contributed by atoms with Crippen molar-refractivity contribution in [3.05, 3.63) is 53.1 Å². The second kappa shape index (κ2) is 7.70. The zero-order valence-corrected chi connectivity index (χ0v) is 14.7. The Morgan fingerprint density at radius 2 is 1.87 bits per heavy atom. The van der Waals surface area contributed by atoms with Crippen molar-refractivity contribution in [2.24, 2.45) is 7.05 Å². The highest BCUT2D eigenvalue weighted by atomic mass is 19.1. The van der Waals surface area contributed by atoms with Crippen LogP contribution in [0.3, 0.4) is 0 Å². The van der Waals surface area contributed by atoms with Crippen LogP contribution < -0.4 is 5.32 Å². The Morgan fingerprint density at radius 3 is 2.43 bits per heavy atom. The van der Waals surface area contributed by atoms with E-state index in [0.29, 0.717) is 5.92 Å². The average molecular weight is 318 g/mol. The Labute approximate surface area is 138 Å². The summed E-state index contributed by atoms with van der Waals surface area (Å²) in [5.41, 5.74) is 3.49. The van der Waals surface area contributed by atoms with Crippen molar-refractivity contribution in [2.75, 3.05) is 20.6 Å². The van der Waals surface area contributed by atoms with Crippen molar-refractivity contribution < 1.29 is 4.39 Å². The molecule has 0 radical (unpaired) electrons. The van der Waals surface area contributed by atoms with Gasteiger partial charge in [0.25, 0.3) is 0 Å². The van der Waals surface area contributed by atoms with Crippen LogP contribution in [0.2, 0.25) is 0 Å². The number of nitrogens with zero attached hydrogens (tertiary/aromatic N) is 3. The van der Waals surface area contributed by atoms with Crippen molar-refractivity contribution in [2.45, 2.75) is 32.4 Å². The van der Waals surface area contributed by atoms with E-state index in [4.69, 9.17) is 0 Å². The van der Waals surface area contributed by atoms with E-state index < -0.39 is 0 Å². The van der Waals surface area contributed by atoms with Gasteiger partial charge >= 0.3 is 0 Å². The largest absolute Gasteiger partial charge is 0.311 e. The van der Waals surface area contributed by atoms with Gasteiger partial charge in [0.2, 0.25) is 0 Å². The first-order valence-electron chi connectivity index (χ1n) is 8.03. The average Bonchev–Trinajstić information content (AvgIpc) is 2.86. The first-order chi connectivity index (χ1) is 10.9. The summed E-state index contributed by atoms with van der Waals surface area (Å²) in [6.07, 6.45) is 2.07. The van der Waals surface area contributed by atoms with Crippen molar-refractivity contribution in [1.82, 2.24) is 20.0 Å². The second-order valence-electron chi connectivity index (χ2n) is 6.53. The molecule has 5 heteroatoms. The molecule has 1 heterocycles. The number of aromatic nitrogens is 2. The van der Waals surface area contributed by atoms with E-state index in [2.05, 4.69) is 35.4 Å². The lowest BCUT2D eigenvalue weighted by Gasteiger charge is -2.25. The van der Waals surface area contributed by atoms with Gasteiger partial charge in [-0.1, -0.05) is 26.0 Å². The first kappa shape index (κ1) is 17.6. The number of likely N-dealkylation sites (N-methyl/N-ethyl adjacent to an activating group) is 1. The van der Waals surface area contributed by atoms with Crippen LogP contribution >= 0.6 is 0 Å². The van der Waals surface area contributed by atoms with Gasteiger partial charge in [-0.15, -0.1) is 0 Å². The molecule has 1 atom stereocenters. The number of hydrogen-bond donors (Lipinski definition) is 1. The zero-order chi connectivity index (χ0) is 17.0. The van der Waals surface area contributed by atoms with Crippen molar-refractivity contribution in [3.8, 4) is 0 Å². The lowest BCUT2D eigenvalue weighted by atomic mass is 10.0. The minimum absolute atomic E-state index is 0.198. The molecule has 2 rings (SSSR count). The standard InChI is InChI=1S/C18H27FN4/c1-13(2)18-15(12-23(5)21-18)10-20-11-17(22(3)4)14-6-8-16(19)9-7-14/h6-9,12-13,17,20H,10-11H2,1-5H3. The van der Waals surface area contributed by atoms with E-state index in [9.17, 15) is 4.39 Å². The Bertz CT molecular complexity index is 616. The molecule has 0 fully saturated rings. The molecule has 0 aliphatic heterocycles. The van der Waals surface area contributed by atoms with Gasteiger partial charge < -0.3 is 10.2 Å². The van der Waals surface area contributed by atoms with Gasteiger partial charge in [0.05, 0.1) is 5.69 Å². The van der Waals surface area contributed by atoms with Crippen LogP contribution in [-0.4, -0.2) is 35.3 Å². The Balaban J connectivity index is 2.01. The summed E-state index contributed by atoms with van der Waals surface area (Å²) in [5.74, 6) is 0.214. The van der Waals surface area contributed by atoms with E-state index in [1.54, 1.807) is 0 Å². The third-order valence-corrected chi connectivity index (χ3v) is 4.02. The van der Waals surface area contributed by atoms with Crippen LogP contribution in [0.4, 0.5) is 4.39 Å². The molecule has 1 aromatic carbocycles. The topological polar surface area (TPSA) is 33.1 Å². The molecule has 126 valence electrons. The fraction of sp³-hybridized carbons (Fsp3) is 0.500. The van der Waals surface area contributed by atoms with E-state index in [0.717, 1.165) is 24.3 Å². The summed E-state index contributed by atoms with van der Waals surface area (Å²) in [6, 6.07) is 6.94. The molecular formula is C18H27FN4. The van der Waals surface area contributed by atoms with Crippen LogP contribution in [0, 0.1) is 5.82 Å². The summed E-state index contributed by atoms with van der Waals surface area (Å²) >= 11 is 0. The van der Waals surface area contributed by atoms with E-state index in [1.165, 1.54) is 17.7 Å². The SMILES string of the molecule is CC(C)c1nn(C)cc1CNCC(c1ccc(F)cc1)N(C)C. The van der Waals surface area contributed by atoms with E-state index in [-0.39, 0.29) is 11.9 Å². The molecule has 0 saturated heterocycles. The highest BCUT2D eigenvalue weighted by Crippen LogP contribution is 2.19. The molecule has 0 aliphatic carbocycles. The highest BCUT2D eigenvalue weighted by molar-refractivity contribution is 5.22. The predicted molar refractivity (Wildman–Crippen MR) is 91.8 cm³/mol. The van der Waals surface area contributed by atoms with Gasteiger partial charge in [0.1, 0.15) is 5.82 Å². The third-order valence-electron chi connectivity index (χ3n) is 4.02. The smallest absolute Gasteiger partial charge is 0.123 e. The lowest BCUT2D eigenvalue weighted by Crippen LogP contribution is -2.31. The molecule has 1 N–H and O–H groups in total. The number of nitrogens with one attached hydrogen (secondary N) is 1. The van der Waals surface area contributed by atoms with E-state index >= 15 is 0 Å². The van der Waals surface area contributed by atoms with Crippen LogP contribution in [0.25, 0.3) is 0 Å². The molecule has 0 aliphatic rings. The van der Waals surface area contributed by atoms with E-state index in [1.807, 2.05) is 38.0 Å². The van der Waals surface area contributed by atoms with Crippen LogP contribution in [0.15, 0.2) is 30.5 Å². The Hall–Kier alpha value is -1.72. The van der Waals surface area contributed by atoms with Gasteiger partial charge in [-0.3, -0.25) is 4.68 Å². The summed E-state index contributed by atoms with van der Waals surface area (Å²) in [4.78, 5) is 2.15. The molecular weight excluding hydrogens is 291 g/mol. The molecule has 1 unspecified atom stereocenters. The zero-order valence-electron chi connectivity index (χ0n) is 14.7. The third kappa shape index (κ3) is 4.62. The fourth-order valence-corrected chi connectivity index (χ4v) is 2.80. The summed E-state index contributed by atoms with van der Waals surface area (Å²) in [6.45, 7) is 5.90. The number of benzene rings is 1. The van der Waals surface area contributed by atoms with Gasteiger partial charge in [-0.05, 0) is 37.7 Å². The normalized spacial score (nSPS) is 13.0. The van der Waals surface area contributed by atoms with Crippen LogP contribution in [0.5, 0.6) is 0 Å². The van der Waals surface area contributed by atoms with Crippen molar-refractivity contribution in [3.63, 3.8) is 0 Å². The fourth-order valence-electron chi connectivity index (χ4n) is 2.80. The maximum absolute atomic E-state index is 13.1. The Morgan fingerprint density at radius 1 is 1.22 bits per heavy atom. The van der Waals surface area contributed by atoms with Gasteiger partial charge in [0, 0.05) is 37.9 Å². The quantitative estimate of drug-likeness (QED) is 0.852. The van der Waals surface area contributed by atoms with Gasteiger partial charge in [-0.2, -0.15) is 5.10 Å². The second-order valence-corrected chi connectivity index (χ2v) is 6.53. The maximum Gasteiger partial charge on any atom is 0.123 e. The minimum Gasteiger partial charge on any atom is -0.311 e. The monoisotopic (exact) mass is 318 g/mol. The number of hydrogen-bond acceptors (Lipinski definition) is 3. The summed E-state index contributed by atoms with van der Waals surface area (Å²) in [5, 5.41) is 8.05. The molecule has 2 aromatic rings. The molecule has 0 saturated carbocycles. The molecule has 0 bridgehead atoms. The maximum atomic E-state index is 13.1. The molecule has 0 amide bonds. The van der Waals surface area contributed by atoms with Gasteiger partial charge in [-0.25, -0.2) is 4.39 Å². The lowest BCUT2D eigenvalue weighted by molar-refractivity contribution is 0.288. The first-order valence-corrected chi connectivity index (χ1v) is 8.03. The Kier molecular flexibility index (Phi) is 5.91. The molecule has 1 aromatic heterocycles. The minimum atomic E-state index is -0.198. The molecule has 23 heavy (non-hydrogen) atoms. The number of rotatable bonds is 7. The molecule has 4 nitrogen and oxygen atoms in total. The highest BCUT2D eigenvalue weighted by Gasteiger charge is 2.15. The van der Waals surface area contributed by atoms with Crippen molar-refractivity contribution in [1.29, 1.82) is 0 Å². The van der Waals surface area contributed by atoms with Gasteiger partial charge in [0.15, 0.2) is 0 Å². The summed E-state index contributed by atoms with van der Waals surface area (Å²) in [7, 11) is 6.04. The predicted octanol–water partition coefficient (Wildman–Crippen LogP) is 3.08. The number of halogens is 1. The number of aryl methyl sites for hydroxylation is 1. The van der Waals surface area contributed by atoms with Crippen LogP contribution in [0.1, 0.15) is 42.6 Å². The van der Waals surface area contributed by atoms with Crippen molar-refractivity contribution >= 4 is 0 Å². The molecule has 0 spiro atoms. The summed E-state index contributed by atoms with van der Waals surface area (Å²) < 4.78 is 15.0. The van der Waals surface area contributed by atoms with Crippen LogP contribution in [-0.2, 0) is 13.6 Å².